The van der Waals surface area contributed by atoms with Crippen LogP contribution in [-0.2, 0) is 0 Å². The van der Waals surface area contributed by atoms with Gasteiger partial charge in [-0.15, -0.1) is 0 Å². The molecule has 0 radical (unpaired) electrons. The minimum atomic E-state index is 0.736. The maximum absolute atomic E-state index is 5.78. The number of benzene rings is 1. The van der Waals surface area contributed by atoms with Gasteiger partial charge in [0.2, 0.25) is 5.88 Å². The highest BCUT2D eigenvalue weighted by atomic mass is 16.5. The Morgan fingerprint density at radius 3 is 2.62 bits per heavy atom. The standard InChI is InChI=1S/C23H30N2O/c1-18-7-8-23(24-17-18)26-14-13-25-11-9-19(10-12-25)15-21-16-22(21)20-5-3-2-4-6-20/h2-8,17,19,21-22H,9-16H2,1H3/t21-,22+/m1/s1. The van der Waals surface area contributed by atoms with Crippen LogP contribution < -0.4 is 4.74 Å². The van der Waals surface area contributed by atoms with Gasteiger partial charge in [-0.3, -0.25) is 4.90 Å². The van der Waals surface area contributed by atoms with Crippen LogP contribution >= 0.6 is 0 Å². The van der Waals surface area contributed by atoms with Gasteiger partial charge in [-0.1, -0.05) is 36.4 Å². The molecule has 2 aliphatic rings. The second-order valence-corrected chi connectivity index (χ2v) is 8.06. The molecule has 0 spiro atoms. The highest BCUT2D eigenvalue weighted by Gasteiger charge is 2.39. The summed E-state index contributed by atoms with van der Waals surface area (Å²) in [4.78, 5) is 6.85. The first kappa shape index (κ1) is 17.5. The number of likely N-dealkylation sites (tertiary alicyclic amines) is 1. The minimum absolute atomic E-state index is 0.736. The second-order valence-electron chi connectivity index (χ2n) is 8.06. The number of ether oxygens (including phenoxy) is 1. The van der Waals surface area contributed by atoms with E-state index in [9.17, 15) is 0 Å². The first-order chi connectivity index (χ1) is 12.8. The molecule has 26 heavy (non-hydrogen) atoms. The number of aromatic nitrogens is 1. The van der Waals surface area contributed by atoms with Crippen LogP contribution in [0, 0.1) is 18.8 Å². The van der Waals surface area contributed by atoms with Gasteiger partial charge in [-0.2, -0.15) is 0 Å². The molecule has 0 bridgehead atoms. The Hall–Kier alpha value is -1.87. The molecular weight excluding hydrogens is 320 g/mol. The lowest BCUT2D eigenvalue weighted by atomic mass is 9.90. The third kappa shape index (κ3) is 4.64. The molecular formula is C23H30N2O. The number of rotatable bonds is 7. The van der Waals surface area contributed by atoms with E-state index in [1.807, 2.05) is 19.2 Å². The van der Waals surface area contributed by atoms with Gasteiger partial charge >= 0.3 is 0 Å². The van der Waals surface area contributed by atoms with Crippen molar-refractivity contribution in [2.45, 2.75) is 38.5 Å². The number of pyridine rings is 1. The van der Waals surface area contributed by atoms with Gasteiger partial charge in [-0.05, 0) is 74.6 Å². The number of hydrogen-bond donors (Lipinski definition) is 0. The summed E-state index contributed by atoms with van der Waals surface area (Å²) in [5.41, 5.74) is 2.72. The van der Waals surface area contributed by atoms with Crippen molar-refractivity contribution in [2.24, 2.45) is 11.8 Å². The van der Waals surface area contributed by atoms with Crippen molar-refractivity contribution in [3.63, 3.8) is 0 Å². The van der Waals surface area contributed by atoms with Crippen molar-refractivity contribution in [1.29, 1.82) is 0 Å². The van der Waals surface area contributed by atoms with Gasteiger partial charge in [0.25, 0.3) is 0 Å². The zero-order chi connectivity index (χ0) is 17.8. The van der Waals surface area contributed by atoms with Crippen LogP contribution in [0.5, 0.6) is 5.88 Å². The SMILES string of the molecule is Cc1ccc(OCCN2CCC(C[C@@H]3C[C@H]3c3ccccc3)CC2)nc1. The van der Waals surface area contributed by atoms with E-state index in [0.29, 0.717) is 0 Å². The number of piperidine rings is 1. The molecule has 0 N–H and O–H groups in total. The molecule has 1 saturated heterocycles. The van der Waals surface area contributed by atoms with Crippen molar-refractivity contribution >= 4 is 0 Å². The molecule has 2 aromatic rings. The second kappa shape index (κ2) is 8.22. The predicted octanol–water partition coefficient (Wildman–Crippen LogP) is 4.67. The molecule has 1 aliphatic heterocycles. The zero-order valence-electron chi connectivity index (χ0n) is 15.8. The third-order valence-corrected chi connectivity index (χ3v) is 6.04. The monoisotopic (exact) mass is 350 g/mol. The molecule has 1 aliphatic carbocycles. The predicted molar refractivity (Wildman–Crippen MR) is 106 cm³/mol. The largest absolute Gasteiger partial charge is 0.476 e. The quantitative estimate of drug-likeness (QED) is 0.725. The molecule has 3 heteroatoms. The van der Waals surface area contributed by atoms with Crippen molar-refractivity contribution < 1.29 is 4.74 Å². The maximum Gasteiger partial charge on any atom is 0.213 e. The summed E-state index contributed by atoms with van der Waals surface area (Å²) < 4.78 is 5.78. The summed E-state index contributed by atoms with van der Waals surface area (Å²) in [6.07, 6.45) is 7.39. The fourth-order valence-corrected chi connectivity index (χ4v) is 4.31. The molecule has 1 saturated carbocycles. The molecule has 0 amide bonds. The summed E-state index contributed by atoms with van der Waals surface area (Å²) in [7, 11) is 0. The van der Waals surface area contributed by atoms with Crippen LogP contribution in [0.3, 0.4) is 0 Å². The third-order valence-electron chi connectivity index (χ3n) is 6.04. The van der Waals surface area contributed by atoms with Crippen molar-refractivity contribution in [3.8, 4) is 5.88 Å². The average Bonchev–Trinajstić information content (AvgIpc) is 3.45. The van der Waals surface area contributed by atoms with Crippen molar-refractivity contribution in [1.82, 2.24) is 9.88 Å². The molecule has 2 atom stereocenters. The van der Waals surface area contributed by atoms with Gasteiger partial charge in [0.05, 0.1) is 0 Å². The fourth-order valence-electron chi connectivity index (χ4n) is 4.31. The zero-order valence-corrected chi connectivity index (χ0v) is 15.8. The Labute approximate surface area is 157 Å². The highest BCUT2D eigenvalue weighted by Crippen LogP contribution is 2.51. The normalized spacial score (nSPS) is 23.7. The van der Waals surface area contributed by atoms with E-state index >= 15 is 0 Å². The molecule has 1 aromatic carbocycles. The number of nitrogens with zero attached hydrogens (tertiary/aromatic N) is 2. The number of hydrogen-bond acceptors (Lipinski definition) is 3. The van der Waals surface area contributed by atoms with E-state index < -0.39 is 0 Å². The summed E-state index contributed by atoms with van der Waals surface area (Å²) in [6, 6.07) is 15.1. The molecule has 138 valence electrons. The van der Waals surface area contributed by atoms with E-state index in [2.05, 4.69) is 46.3 Å². The first-order valence-electron chi connectivity index (χ1n) is 10.1. The van der Waals surface area contributed by atoms with Gasteiger partial charge in [-0.25, -0.2) is 4.98 Å². The summed E-state index contributed by atoms with van der Waals surface area (Å²) in [6.45, 7) is 6.23. The Morgan fingerprint density at radius 2 is 1.88 bits per heavy atom. The molecule has 4 rings (SSSR count). The summed E-state index contributed by atoms with van der Waals surface area (Å²) in [5, 5.41) is 0. The van der Waals surface area contributed by atoms with E-state index in [1.165, 1.54) is 44.3 Å². The van der Waals surface area contributed by atoms with Crippen LogP contribution in [0.2, 0.25) is 0 Å². The van der Waals surface area contributed by atoms with Crippen LogP contribution in [-0.4, -0.2) is 36.1 Å². The fraction of sp³-hybridized carbons (Fsp3) is 0.522. The van der Waals surface area contributed by atoms with Gasteiger partial charge in [0.15, 0.2) is 0 Å². The average molecular weight is 351 g/mol. The lowest BCUT2D eigenvalue weighted by Gasteiger charge is -2.31. The Kier molecular flexibility index (Phi) is 5.54. The van der Waals surface area contributed by atoms with Crippen LogP contribution in [0.4, 0.5) is 0 Å². The van der Waals surface area contributed by atoms with E-state index in [0.717, 1.165) is 36.8 Å². The molecule has 3 nitrogen and oxygen atoms in total. The Balaban J connectivity index is 1.13. The topological polar surface area (TPSA) is 25.4 Å². The molecule has 2 fully saturated rings. The molecule has 1 aromatic heterocycles. The van der Waals surface area contributed by atoms with E-state index in [1.54, 1.807) is 5.56 Å². The van der Waals surface area contributed by atoms with Crippen LogP contribution in [0.25, 0.3) is 0 Å². The van der Waals surface area contributed by atoms with Gasteiger partial charge < -0.3 is 4.74 Å². The molecule has 2 heterocycles. The smallest absolute Gasteiger partial charge is 0.213 e. The Bertz CT molecular complexity index is 677. The van der Waals surface area contributed by atoms with Crippen molar-refractivity contribution in [3.05, 3.63) is 59.8 Å². The van der Waals surface area contributed by atoms with Crippen LogP contribution in [0.1, 0.15) is 42.7 Å². The number of aryl methyl sites for hydroxylation is 1. The van der Waals surface area contributed by atoms with E-state index in [4.69, 9.17) is 4.74 Å². The molecule has 0 unspecified atom stereocenters. The van der Waals surface area contributed by atoms with E-state index in [-0.39, 0.29) is 0 Å². The maximum atomic E-state index is 5.78. The first-order valence-corrected chi connectivity index (χ1v) is 10.1. The highest BCUT2D eigenvalue weighted by molar-refractivity contribution is 5.25. The van der Waals surface area contributed by atoms with Gasteiger partial charge in [0.1, 0.15) is 6.61 Å². The summed E-state index contributed by atoms with van der Waals surface area (Å²) in [5.74, 6) is 3.44. The summed E-state index contributed by atoms with van der Waals surface area (Å²) >= 11 is 0. The Morgan fingerprint density at radius 1 is 1.08 bits per heavy atom. The lowest BCUT2D eigenvalue weighted by molar-refractivity contribution is 0.147. The lowest BCUT2D eigenvalue weighted by Crippen LogP contribution is -2.36. The van der Waals surface area contributed by atoms with Crippen LogP contribution in [0.15, 0.2) is 48.7 Å². The van der Waals surface area contributed by atoms with Crippen molar-refractivity contribution in [2.75, 3.05) is 26.2 Å². The minimum Gasteiger partial charge on any atom is -0.476 e. The van der Waals surface area contributed by atoms with Gasteiger partial charge in [0, 0.05) is 18.8 Å².